The Bertz CT molecular complexity index is 555. The van der Waals surface area contributed by atoms with Crippen LogP contribution in [0.4, 0.5) is 4.39 Å². The Labute approximate surface area is 104 Å². The van der Waals surface area contributed by atoms with Crippen LogP contribution in [0, 0.1) is 5.82 Å². The first kappa shape index (κ1) is 11.8. The summed E-state index contributed by atoms with van der Waals surface area (Å²) in [4.78, 5) is 0.528. The van der Waals surface area contributed by atoms with Crippen molar-refractivity contribution in [2.24, 2.45) is 0 Å². The van der Waals surface area contributed by atoms with E-state index >= 15 is 0 Å². The van der Waals surface area contributed by atoms with Gasteiger partial charge in [0.1, 0.15) is 17.3 Å². The number of phenolic OH excluding ortho intramolecular Hbond substituents is 1. The van der Waals surface area contributed by atoms with Gasteiger partial charge < -0.3 is 9.84 Å². The largest absolute Gasteiger partial charge is 0.507 e. The van der Waals surface area contributed by atoms with Crippen LogP contribution in [-0.4, -0.2) is 12.2 Å². The first-order valence-electron chi connectivity index (χ1n) is 4.98. The van der Waals surface area contributed by atoms with Crippen molar-refractivity contribution in [2.45, 2.75) is 4.90 Å². The first-order valence-corrected chi connectivity index (χ1v) is 5.43. The molecular weight excluding hydrogens is 239 g/mol. The van der Waals surface area contributed by atoms with E-state index in [9.17, 15) is 9.50 Å². The van der Waals surface area contributed by atoms with Gasteiger partial charge in [-0.1, -0.05) is 12.1 Å². The van der Waals surface area contributed by atoms with E-state index in [-0.39, 0.29) is 11.3 Å². The molecule has 1 N–H and O–H groups in total. The van der Waals surface area contributed by atoms with Crippen molar-refractivity contribution in [2.75, 3.05) is 7.11 Å². The molecule has 0 saturated carbocycles. The third-order valence-electron chi connectivity index (χ3n) is 2.45. The molecule has 4 heteroatoms. The van der Waals surface area contributed by atoms with E-state index in [4.69, 9.17) is 4.74 Å². The molecule has 0 fully saturated rings. The van der Waals surface area contributed by atoms with Crippen molar-refractivity contribution < 1.29 is 14.2 Å². The second-order valence-electron chi connectivity index (χ2n) is 3.52. The Hall–Kier alpha value is -1.68. The molecule has 17 heavy (non-hydrogen) atoms. The van der Waals surface area contributed by atoms with Crippen molar-refractivity contribution in [1.29, 1.82) is 0 Å². The van der Waals surface area contributed by atoms with Crippen molar-refractivity contribution in [3.05, 3.63) is 42.2 Å². The number of benzene rings is 2. The predicted octanol–water partition coefficient (Wildman–Crippen LogP) is 3.50. The zero-order chi connectivity index (χ0) is 12.4. The number of methoxy groups -OCH3 is 1. The Morgan fingerprint density at radius 3 is 2.65 bits per heavy atom. The summed E-state index contributed by atoms with van der Waals surface area (Å²) in [6.45, 7) is 0. The molecule has 0 spiro atoms. The van der Waals surface area contributed by atoms with Crippen LogP contribution in [0.1, 0.15) is 0 Å². The van der Waals surface area contributed by atoms with E-state index < -0.39 is 5.82 Å². The van der Waals surface area contributed by atoms with Gasteiger partial charge in [-0.2, -0.15) is 0 Å². The van der Waals surface area contributed by atoms with Gasteiger partial charge in [-0.15, -0.1) is 12.6 Å². The number of halogens is 1. The third-order valence-corrected chi connectivity index (χ3v) is 2.72. The second-order valence-corrected chi connectivity index (χ2v) is 4.03. The quantitative estimate of drug-likeness (QED) is 0.799. The fourth-order valence-corrected chi connectivity index (χ4v) is 1.86. The summed E-state index contributed by atoms with van der Waals surface area (Å²) in [6, 6.07) is 9.32. The molecule has 2 aromatic carbocycles. The maximum absolute atomic E-state index is 13.8. The van der Waals surface area contributed by atoms with Gasteiger partial charge in [-0.25, -0.2) is 4.39 Å². The summed E-state index contributed by atoms with van der Waals surface area (Å²) in [5.41, 5.74) is 0.638. The van der Waals surface area contributed by atoms with Gasteiger partial charge in [0.2, 0.25) is 0 Å². The van der Waals surface area contributed by atoms with Crippen LogP contribution in [0.15, 0.2) is 41.3 Å². The topological polar surface area (TPSA) is 29.5 Å². The third kappa shape index (κ3) is 2.22. The average molecular weight is 250 g/mol. The summed E-state index contributed by atoms with van der Waals surface area (Å²) in [6.07, 6.45) is 0. The number of hydrogen-bond donors (Lipinski definition) is 2. The number of hydrogen-bond acceptors (Lipinski definition) is 3. The van der Waals surface area contributed by atoms with E-state index in [1.54, 1.807) is 24.3 Å². The highest BCUT2D eigenvalue weighted by atomic mass is 32.1. The molecule has 0 bridgehead atoms. The monoisotopic (exact) mass is 250 g/mol. The van der Waals surface area contributed by atoms with Crippen LogP contribution in [-0.2, 0) is 0 Å². The highest BCUT2D eigenvalue weighted by Gasteiger charge is 2.14. The molecule has 0 aliphatic carbocycles. The molecule has 2 aromatic rings. The van der Waals surface area contributed by atoms with Crippen LogP contribution >= 0.6 is 12.6 Å². The molecule has 88 valence electrons. The minimum atomic E-state index is -0.447. The summed E-state index contributed by atoms with van der Waals surface area (Å²) >= 11 is 4.05. The fourth-order valence-electron chi connectivity index (χ4n) is 1.67. The first-order chi connectivity index (χ1) is 8.13. The van der Waals surface area contributed by atoms with Gasteiger partial charge >= 0.3 is 0 Å². The SMILES string of the molecule is COc1cccc(O)c1-c1ccc(S)cc1F. The maximum Gasteiger partial charge on any atom is 0.132 e. The Morgan fingerprint density at radius 1 is 1.24 bits per heavy atom. The zero-order valence-corrected chi connectivity index (χ0v) is 10.0. The number of thiol groups is 1. The second kappa shape index (κ2) is 4.67. The van der Waals surface area contributed by atoms with E-state index in [0.29, 0.717) is 16.2 Å². The van der Waals surface area contributed by atoms with Crippen molar-refractivity contribution >= 4 is 12.6 Å². The molecule has 0 unspecified atom stereocenters. The van der Waals surface area contributed by atoms with Gasteiger partial charge in [0.05, 0.1) is 12.7 Å². The van der Waals surface area contributed by atoms with Gasteiger partial charge in [-0.05, 0) is 24.3 Å². The lowest BCUT2D eigenvalue weighted by Crippen LogP contribution is -1.91. The van der Waals surface area contributed by atoms with Crippen LogP contribution in [0.25, 0.3) is 11.1 Å². The standard InChI is InChI=1S/C13H11FO2S/c1-16-12-4-2-3-11(15)13(12)9-6-5-8(17)7-10(9)14/h2-7,15,17H,1H3. The van der Waals surface area contributed by atoms with E-state index in [1.165, 1.54) is 19.2 Å². The van der Waals surface area contributed by atoms with Crippen LogP contribution < -0.4 is 4.74 Å². The van der Waals surface area contributed by atoms with Crippen molar-refractivity contribution in [3.63, 3.8) is 0 Å². The molecule has 2 nitrogen and oxygen atoms in total. The van der Waals surface area contributed by atoms with Gasteiger partial charge in [0.25, 0.3) is 0 Å². The Morgan fingerprint density at radius 2 is 2.00 bits per heavy atom. The van der Waals surface area contributed by atoms with Crippen molar-refractivity contribution in [1.82, 2.24) is 0 Å². The predicted molar refractivity (Wildman–Crippen MR) is 67.3 cm³/mol. The maximum atomic E-state index is 13.8. The van der Waals surface area contributed by atoms with Gasteiger partial charge in [0, 0.05) is 10.5 Å². The highest BCUT2D eigenvalue weighted by Crippen LogP contribution is 2.39. The molecule has 0 aliphatic rings. The van der Waals surface area contributed by atoms with Crippen LogP contribution in [0.3, 0.4) is 0 Å². The molecule has 2 rings (SSSR count). The van der Waals surface area contributed by atoms with Gasteiger partial charge in [-0.3, -0.25) is 0 Å². The van der Waals surface area contributed by atoms with E-state index in [2.05, 4.69) is 12.6 Å². The van der Waals surface area contributed by atoms with E-state index in [0.717, 1.165) is 0 Å². The lowest BCUT2D eigenvalue weighted by atomic mass is 10.0. The molecule has 0 aliphatic heterocycles. The van der Waals surface area contributed by atoms with E-state index in [1.807, 2.05) is 0 Å². The zero-order valence-electron chi connectivity index (χ0n) is 9.14. The number of phenols is 1. The van der Waals surface area contributed by atoms with Crippen molar-refractivity contribution in [3.8, 4) is 22.6 Å². The molecule has 0 radical (unpaired) electrons. The summed E-state index contributed by atoms with van der Waals surface area (Å²) < 4.78 is 18.9. The molecule has 0 saturated heterocycles. The summed E-state index contributed by atoms with van der Waals surface area (Å²) in [5.74, 6) is -0.0386. The normalized spacial score (nSPS) is 10.3. The van der Waals surface area contributed by atoms with Crippen LogP contribution in [0.5, 0.6) is 11.5 Å². The molecular formula is C13H11FO2S. The summed E-state index contributed by atoms with van der Waals surface area (Å²) in [5, 5.41) is 9.80. The molecule has 0 amide bonds. The van der Waals surface area contributed by atoms with Gasteiger partial charge in [0.15, 0.2) is 0 Å². The Balaban J connectivity index is 2.67. The number of ether oxygens (including phenoxy) is 1. The number of aromatic hydroxyl groups is 1. The smallest absolute Gasteiger partial charge is 0.132 e. The molecule has 0 aromatic heterocycles. The molecule has 0 heterocycles. The highest BCUT2D eigenvalue weighted by molar-refractivity contribution is 7.80. The Kier molecular flexibility index (Phi) is 3.24. The fraction of sp³-hybridized carbons (Fsp3) is 0.0769. The lowest BCUT2D eigenvalue weighted by molar-refractivity contribution is 0.410. The molecule has 0 atom stereocenters. The minimum Gasteiger partial charge on any atom is -0.507 e. The summed E-state index contributed by atoms with van der Waals surface area (Å²) in [7, 11) is 1.48. The lowest BCUT2D eigenvalue weighted by Gasteiger charge is -2.11. The van der Waals surface area contributed by atoms with Crippen LogP contribution in [0.2, 0.25) is 0 Å². The minimum absolute atomic E-state index is 0.0184. The average Bonchev–Trinajstić information content (AvgIpc) is 2.30. The number of rotatable bonds is 2.